The Hall–Kier alpha value is -1.31. The predicted molar refractivity (Wildman–Crippen MR) is 72.0 cm³/mol. The number of hydrogen-bond donors (Lipinski definition) is 1. The Morgan fingerprint density at radius 1 is 1.61 bits per heavy atom. The van der Waals surface area contributed by atoms with Gasteiger partial charge in [0.05, 0.1) is 11.5 Å². The molecule has 0 unspecified atom stereocenters. The lowest BCUT2D eigenvalue weighted by Gasteiger charge is -2.11. The van der Waals surface area contributed by atoms with Crippen molar-refractivity contribution in [1.82, 2.24) is 14.9 Å². The Morgan fingerprint density at radius 2 is 2.44 bits per heavy atom. The molecule has 2 aromatic rings. The molecule has 0 radical (unpaired) electrons. The van der Waals surface area contributed by atoms with E-state index in [0.29, 0.717) is 17.2 Å². The number of hydrogen-bond acceptors (Lipinski definition) is 6. The molecular weight excluding hydrogens is 270 g/mol. The lowest BCUT2D eigenvalue weighted by molar-refractivity contribution is 0.0910. The third-order valence-corrected chi connectivity index (χ3v) is 3.84. The summed E-state index contributed by atoms with van der Waals surface area (Å²) in [6.45, 7) is 2.37. The van der Waals surface area contributed by atoms with E-state index in [-0.39, 0.29) is 11.9 Å². The van der Waals surface area contributed by atoms with Crippen molar-refractivity contribution in [3.05, 3.63) is 22.4 Å². The highest BCUT2D eigenvalue weighted by Crippen LogP contribution is 2.27. The van der Waals surface area contributed by atoms with Gasteiger partial charge in [0.1, 0.15) is 10.6 Å². The summed E-state index contributed by atoms with van der Waals surface area (Å²) in [5, 5.41) is 8.82. The molecule has 0 aromatic carbocycles. The topological polar surface area (TPSA) is 64.1 Å². The van der Waals surface area contributed by atoms with E-state index in [2.05, 4.69) is 14.9 Å². The zero-order chi connectivity index (χ0) is 13.0. The number of methoxy groups -OCH3 is 1. The van der Waals surface area contributed by atoms with E-state index in [1.54, 1.807) is 18.4 Å². The van der Waals surface area contributed by atoms with Crippen LogP contribution in [0, 0.1) is 0 Å². The Kier molecular flexibility index (Phi) is 4.40. The second kappa shape index (κ2) is 6.03. The van der Waals surface area contributed by atoms with Gasteiger partial charge in [-0.05, 0) is 29.9 Å². The molecule has 0 saturated carbocycles. The highest BCUT2D eigenvalue weighted by molar-refractivity contribution is 7.14. The molecule has 2 rings (SSSR count). The summed E-state index contributed by atoms with van der Waals surface area (Å²) in [7, 11) is 1.61. The molecule has 1 amide bonds. The van der Waals surface area contributed by atoms with Crippen LogP contribution in [-0.4, -0.2) is 35.3 Å². The van der Waals surface area contributed by atoms with E-state index >= 15 is 0 Å². The average molecular weight is 283 g/mol. The third-order valence-electron chi connectivity index (χ3n) is 2.24. The highest BCUT2D eigenvalue weighted by atomic mass is 32.1. The van der Waals surface area contributed by atoms with Gasteiger partial charge in [0, 0.05) is 13.2 Å². The Balaban J connectivity index is 2.14. The van der Waals surface area contributed by atoms with Gasteiger partial charge in [0.15, 0.2) is 0 Å². The van der Waals surface area contributed by atoms with Gasteiger partial charge >= 0.3 is 0 Å². The molecule has 18 heavy (non-hydrogen) atoms. The minimum Gasteiger partial charge on any atom is -0.383 e. The quantitative estimate of drug-likeness (QED) is 0.912. The van der Waals surface area contributed by atoms with Crippen molar-refractivity contribution in [2.75, 3.05) is 13.7 Å². The number of amides is 1. The molecule has 96 valence electrons. The first-order chi connectivity index (χ1) is 8.72. The maximum atomic E-state index is 12.1. The SMILES string of the molecule is COC[C@@H](C)NC(=O)c1snnc1-c1cccs1. The first-order valence-corrected chi connectivity index (χ1v) is 7.03. The van der Waals surface area contributed by atoms with Gasteiger partial charge in [0.25, 0.3) is 5.91 Å². The molecular formula is C11H13N3O2S2. The number of carbonyl (C=O) groups excluding carboxylic acids is 1. The molecule has 1 atom stereocenters. The van der Waals surface area contributed by atoms with Crippen LogP contribution in [0.1, 0.15) is 16.6 Å². The van der Waals surface area contributed by atoms with Crippen LogP contribution < -0.4 is 5.32 Å². The van der Waals surface area contributed by atoms with E-state index in [9.17, 15) is 4.79 Å². The van der Waals surface area contributed by atoms with Crippen LogP contribution in [-0.2, 0) is 4.74 Å². The van der Waals surface area contributed by atoms with Crippen molar-refractivity contribution in [2.45, 2.75) is 13.0 Å². The maximum Gasteiger partial charge on any atom is 0.265 e. The van der Waals surface area contributed by atoms with Crippen molar-refractivity contribution in [3.8, 4) is 10.6 Å². The zero-order valence-corrected chi connectivity index (χ0v) is 11.7. The van der Waals surface area contributed by atoms with Crippen LogP contribution in [0.2, 0.25) is 0 Å². The van der Waals surface area contributed by atoms with Gasteiger partial charge in [-0.3, -0.25) is 4.79 Å². The molecule has 2 heterocycles. The molecule has 0 aliphatic heterocycles. The van der Waals surface area contributed by atoms with E-state index < -0.39 is 0 Å². The fraction of sp³-hybridized carbons (Fsp3) is 0.364. The molecule has 7 heteroatoms. The van der Waals surface area contributed by atoms with Crippen molar-refractivity contribution < 1.29 is 9.53 Å². The fourth-order valence-electron chi connectivity index (χ4n) is 1.50. The first kappa shape index (κ1) is 13.1. The minimum atomic E-state index is -0.155. The van der Waals surface area contributed by atoms with Crippen LogP contribution >= 0.6 is 22.9 Å². The molecule has 0 spiro atoms. The van der Waals surface area contributed by atoms with E-state index in [4.69, 9.17) is 4.74 Å². The molecule has 0 bridgehead atoms. The molecule has 0 aliphatic rings. The summed E-state index contributed by atoms with van der Waals surface area (Å²) in [5.74, 6) is -0.155. The lowest BCUT2D eigenvalue weighted by Crippen LogP contribution is -2.35. The van der Waals surface area contributed by atoms with E-state index in [1.807, 2.05) is 24.4 Å². The predicted octanol–water partition coefficient (Wildman–Crippen LogP) is 2.03. The Bertz CT molecular complexity index is 510. The van der Waals surface area contributed by atoms with Crippen LogP contribution in [0.15, 0.2) is 17.5 Å². The van der Waals surface area contributed by atoms with Gasteiger partial charge in [0.2, 0.25) is 0 Å². The van der Waals surface area contributed by atoms with Crippen molar-refractivity contribution in [1.29, 1.82) is 0 Å². The van der Waals surface area contributed by atoms with Gasteiger partial charge in [-0.15, -0.1) is 16.4 Å². The average Bonchev–Trinajstić information content (AvgIpc) is 3.00. The number of ether oxygens (including phenoxy) is 1. The summed E-state index contributed by atoms with van der Waals surface area (Å²) in [5.41, 5.74) is 0.650. The molecule has 1 N–H and O–H groups in total. The highest BCUT2D eigenvalue weighted by Gasteiger charge is 2.19. The number of nitrogens with one attached hydrogen (secondary N) is 1. The van der Waals surface area contributed by atoms with Crippen molar-refractivity contribution >= 4 is 28.8 Å². The van der Waals surface area contributed by atoms with Crippen LogP contribution in [0.4, 0.5) is 0 Å². The number of aromatic nitrogens is 2. The third kappa shape index (κ3) is 2.92. The number of thiophene rings is 1. The largest absolute Gasteiger partial charge is 0.383 e. The molecule has 5 nitrogen and oxygen atoms in total. The van der Waals surface area contributed by atoms with E-state index in [1.165, 1.54) is 0 Å². The van der Waals surface area contributed by atoms with Gasteiger partial charge in [-0.1, -0.05) is 10.6 Å². The summed E-state index contributed by atoms with van der Waals surface area (Å²) in [6.07, 6.45) is 0. The number of nitrogens with zero attached hydrogens (tertiary/aromatic N) is 2. The lowest BCUT2D eigenvalue weighted by atomic mass is 10.2. The van der Waals surface area contributed by atoms with Gasteiger partial charge < -0.3 is 10.1 Å². The van der Waals surface area contributed by atoms with Crippen LogP contribution in [0.3, 0.4) is 0 Å². The summed E-state index contributed by atoms with van der Waals surface area (Å²) in [4.78, 5) is 13.6. The van der Waals surface area contributed by atoms with Crippen molar-refractivity contribution in [3.63, 3.8) is 0 Å². The van der Waals surface area contributed by atoms with Gasteiger partial charge in [-0.2, -0.15) is 0 Å². The normalized spacial score (nSPS) is 12.3. The summed E-state index contributed by atoms with van der Waals surface area (Å²) >= 11 is 2.65. The second-order valence-corrected chi connectivity index (χ2v) is 5.46. The summed E-state index contributed by atoms with van der Waals surface area (Å²) in [6, 6.07) is 3.81. The zero-order valence-electron chi connectivity index (χ0n) is 10.0. The van der Waals surface area contributed by atoms with Crippen LogP contribution in [0.5, 0.6) is 0 Å². The number of carbonyl (C=O) groups is 1. The second-order valence-electron chi connectivity index (χ2n) is 3.76. The maximum absolute atomic E-state index is 12.1. The fourth-order valence-corrected chi connectivity index (χ4v) is 2.86. The first-order valence-electron chi connectivity index (χ1n) is 5.38. The van der Waals surface area contributed by atoms with Gasteiger partial charge in [-0.25, -0.2) is 0 Å². The molecule has 2 aromatic heterocycles. The minimum absolute atomic E-state index is 0.0409. The standard InChI is InChI=1S/C11H13N3O2S2/c1-7(6-16-2)12-11(15)10-9(13-14-18-10)8-4-3-5-17-8/h3-5,7H,6H2,1-2H3,(H,12,15)/t7-/m1/s1. The smallest absolute Gasteiger partial charge is 0.265 e. The molecule has 0 fully saturated rings. The molecule has 0 saturated heterocycles. The van der Waals surface area contributed by atoms with Crippen molar-refractivity contribution in [2.24, 2.45) is 0 Å². The Morgan fingerprint density at radius 3 is 3.11 bits per heavy atom. The van der Waals surface area contributed by atoms with Crippen LogP contribution in [0.25, 0.3) is 10.6 Å². The monoisotopic (exact) mass is 283 g/mol. The Labute approximate surface area is 113 Å². The van der Waals surface area contributed by atoms with E-state index in [0.717, 1.165) is 16.4 Å². The molecule has 0 aliphatic carbocycles. The number of rotatable bonds is 5. The summed E-state index contributed by atoms with van der Waals surface area (Å²) < 4.78 is 8.84.